The van der Waals surface area contributed by atoms with Crippen LogP contribution in [0, 0.1) is 6.92 Å². The topological polar surface area (TPSA) is 20.2 Å². The minimum absolute atomic E-state index is 0.148. The van der Waals surface area contributed by atoms with Gasteiger partial charge in [-0.1, -0.05) is 60.2 Å². The van der Waals surface area contributed by atoms with Crippen LogP contribution in [0.3, 0.4) is 0 Å². The number of aromatic nitrogens is 1. The molecule has 26 heavy (non-hydrogen) atoms. The summed E-state index contributed by atoms with van der Waals surface area (Å²) in [5, 5.41) is 4.26. The van der Waals surface area contributed by atoms with E-state index < -0.39 is 0 Å². The molecular formula is C22H23N3S. The standard InChI is InChI=1S/C22H23N3S/c1-17-9-11-19(12-10-17)21-20-8-5-13-24(20)14-15-25(21)22(26)23-16-18-6-3-2-4-7-18/h2-13,21H,14-16H2,1H3,(H,23,26)/t21-/m0/s1. The van der Waals surface area contributed by atoms with Crippen LogP contribution < -0.4 is 5.32 Å². The van der Waals surface area contributed by atoms with E-state index in [1.165, 1.54) is 22.4 Å². The van der Waals surface area contributed by atoms with Gasteiger partial charge in [0.2, 0.25) is 0 Å². The van der Waals surface area contributed by atoms with Crippen molar-refractivity contribution in [3.05, 3.63) is 95.3 Å². The number of fused-ring (bicyclic) bond motifs is 1. The molecule has 1 aliphatic heterocycles. The van der Waals surface area contributed by atoms with Crippen molar-refractivity contribution in [1.29, 1.82) is 0 Å². The van der Waals surface area contributed by atoms with Gasteiger partial charge >= 0.3 is 0 Å². The Balaban J connectivity index is 1.59. The summed E-state index contributed by atoms with van der Waals surface area (Å²) in [7, 11) is 0. The second-order valence-electron chi connectivity index (χ2n) is 6.78. The Labute approximate surface area is 160 Å². The third kappa shape index (κ3) is 3.37. The van der Waals surface area contributed by atoms with Crippen molar-refractivity contribution in [2.24, 2.45) is 0 Å². The van der Waals surface area contributed by atoms with Crippen LogP contribution >= 0.6 is 12.2 Å². The van der Waals surface area contributed by atoms with Crippen molar-refractivity contribution in [1.82, 2.24) is 14.8 Å². The molecule has 0 amide bonds. The van der Waals surface area contributed by atoms with Crippen LogP contribution in [0.1, 0.15) is 28.4 Å². The van der Waals surface area contributed by atoms with E-state index in [0.29, 0.717) is 0 Å². The fourth-order valence-corrected chi connectivity index (χ4v) is 3.85. The zero-order valence-electron chi connectivity index (χ0n) is 14.9. The van der Waals surface area contributed by atoms with Crippen molar-refractivity contribution in [2.45, 2.75) is 26.1 Å². The van der Waals surface area contributed by atoms with Crippen molar-refractivity contribution < 1.29 is 0 Å². The predicted molar refractivity (Wildman–Crippen MR) is 110 cm³/mol. The molecule has 1 aromatic heterocycles. The van der Waals surface area contributed by atoms with Crippen LogP contribution in [0.5, 0.6) is 0 Å². The maximum absolute atomic E-state index is 5.78. The quantitative estimate of drug-likeness (QED) is 0.703. The lowest BCUT2D eigenvalue weighted by atomic mass is 9.99. The molecule has 0 fully saturated rings. The minimum atomic E-state index is 0.148. The largest absolute Gasteiger partial charge is 0.358 e. The summed E-state index contributed by atoms with van der Waals surface area (Å²) >= 11 is 5.78. The maximum Gasteiger partial charge on any atom is 0.170 e. The molecule has 4 rings (SSSR count). The van der Waals surface area contributed by atoms with Crippen LogP contribution in [0.25, 0.3) is 0 Å². The summed E-state index contributed by atoms with van der Waals surface area (Å²) in [6, 6.07) is 23.7. The van der Waals surface area contributed by atoms with Crippen molar-refractivity contribution >= 4 is 17.3 Å². The number of aryl methyl sites for hydroxylation is 1. The van der Waals surface area contributed by atoms with Crippen LogP contribution in [0.15, 0.2) is 72.9 Å². The van der Waals surface area contributed by atoms with Crippen LogP contribution in [-0.2, 0) is 13.1 Å². The SMILES string of the molecule is Cc1ccc([C@H]2c3cccn3CCN2C(=S)NCc2ccccc2)cc1. The molecular weight excluding hydrogens is 338 g/mol. The number of thiocarbonyl (C=S) groups is 1. The lowest BCUT2D eigenvalue weighted by molar-refractivity contribution is 0.286. The molecule has 1 atom stereocenters. The highest BCUT2D eigenvalue weighted by Gasteiger charge is 2.30. The van der Waals surface area contributed by atoms with Gasteiger partial charge in [-0.3, -0.25) is 0 Å². The summed E-state index contributed by atoms with van der Waals surface area (Å²) in [5.74, 6) is 0. The smallest absolute Gasteiger partial charge is 0.170 e. The van der Waals surface area contributed by atoms with E-state index in [-0.39, 0.29) is 6.04 Å². The Morgan fingerprint density at radius 3 is 2.54 bits per heavy atom. The Morgan fingerprint density at radius 1 is 1.00 bits per heavy atom. The Hall–Kier alpha value is -2.59. The van der Waals surface area contributed by atoms with Gasteiger partial charge in [0.25, 0.3) is 0 Å². The average Bonchev–Trinajstić information content (AvgIpc) is 3.16. The van der Waals surface area contributed by atoms with Gasteiger partial charge in [0.15, 0.2) is 5.11 Å². The predicted octanol–water partition coefficient (Wildman–Crippen LogP) is 4.28. The fourth-order valence-electron chi connectivity index (χ4n) is 3.58. The van der Waals surface area contributed by atoms with Crippen molar-refractivity contribution in [3.8, 4) is 0 Å². The molecule has 0 saturated carbocycles. The van der Waals surface area contributed by atoms with E-state index in [0.717, 1.165) is 24.7 Å². The van der Waals surface area contributed by atoms with E-state index in [1.807, 2.05) is 6.07 Å². The second-order valence-corrected chi connectivity index (χ2v) is 7.16. The number of nitrogens with one attached hydrogen (secondary N) is 1. The van der Waals surface area contributed by atoms with E-state index in [1.54, 1.807) is 0 Å². The number of rotatable bonds is 3. The normalized spacial score (nSPS) is 16.2. The molecule has 0 aliphatic carbocycles. The lowest BCUT2D eigenvalue weighted by Gasteiger charge is -2.39. The van der Waals surface area contributed by atoms with Crippen LogP contribution in [-0.4, -0.2) is 21.1 Å². The highest BCUT2D eigenvalue weighted by molar-refractivity contribution is 7.80. The third-order valence-corrected chi connectivity index (χ3v) is 5.36. The molecule has 3 aromatic rings. The van der Waals surface area contributed by atoms with Crippen molar-refractivity contribution in [2.75, 3.05) is 6.54 Å². The highest BCUT2D eigenvalue weighted by Crippen LogP contribution is 2.32. The Kier molecular flexibility index (Phi) is 4.76. The van der Waals surface area contributed by atoms with Gasteiger partial charge in [-0.15, -0.1) is 0 Å². The van der Waals surface area contributed by atoms with Gasteiger partial charge in [0, 0.05) is 31.5 Å². The van der Waals surface area contributed by atoms with Gasteiger partial charge < -0.3 is 14.8 Å². The van der Waals surface area contributed by atoms with Gasteiger partial charge in [-0.25, -0.2) is 0 Å². The number of hydrogen-bond donors (Lipinski definition) is 1. The van der Waals surface area contributed by atoms with E-state index >= 15 is 0 Å². The van der Waals surface area contributed by atoms with Gasteiger partial charge in [-0.05, 0) is 42.4 Å². The number of hydrogen-bond acceptors (Lipinski definition) is 1. The summed E-state index contributed by atoms with van der Waals surface area (Å²) < 4.78 is 2.33. The van der Waals surface area contributed by atoms with Crippen LogP contribution in [0.4, 0.5) is 0 Å². The summed E-state index contributed by atoms with van der Waals surface area (Å²) in [6.45, 7) is 4.73. The van der Waals surface area contributed by atoms with E-state index in [9.17, 15) is 0 Å². The molecule has 2 aromatic carbocycles. The first-order chi connectivity index (χ1) is 12.7. The highest BCUT2D eigenvalue weighted by atomic mass is 32.1. The molecule has 132 valence electrons. The summed E-state index contributed by atoms with van der Waals surface area (Å²) in [5.41, 5.74) is 5.08. The molecule has 1 N–H and O–H groups in total. The molecule has 2 heterocycles. The zero-order valence-corrected chi connectivity index (χ0v) is 15.7. The van der Waals surface area contributed by atoms with Gasteiger partial charge in [0.05, 0.1) is 6.04 Å². The van der Waals surface area contributed by atoms with Gasteiger partial charge in [0.1, 0.15) is 0 Å². The molecule has 1 aliphatic rings. The molecule has 0 saturated heterocycles. The maximum atomic E-state index is 5.78. The van der Waals surface area contributed by atoms with Crippen molar-refractivity contribution in [3.63, 3.8) is 0 Å². The average molecular weight is 362 g/mol. The fraction of sp³-hybridized carbons (Fsp3) is 0.227. The number of benzene rings is 2. The lowest BCUT2D eigenvalue weighted by Crippen LogP contribution is -2.46. The zero-order chi connectivity index (χ0) is 17.9. The minimum Gasteiger partial charge on any atom is -0.358 e. The third-order valence-electron chi connectivity index (χ3n) is 4.98. The molecule has 0 radical (unpaired) electrons. The van der Waals surface area contributed by atoms with Gasteiger partial charge in [-0.2, -0.15) is 0 Å². The monoisotopic (exact) mass is 361 g/mol. The first kappa shape index (κ1) is 16.9. The van der Waals surface area contributed by atoms with Crippen LogP contribution in [0.2, 0.25) is 0 Å². The summed E-state index contributed by atoms with van der Waals surface area (Å²) in [4.78, 5) is 2.32. The molecule has 0 spiro atoms. The first-order valence-electron chi connectivity index (χ1n) is 9.02. The summed E-state index contributed by atoms with van der Waals surface area (Å²) in [6.07, 6.45) is 2.16. The van der Waals surface area contributed by atoms with E-state index in [2.05, 4.69) is 88.6 Å². The molecule has 4 heteroatoms. The Bertz CT molecular complexity index is 883. The number of nitrogens with zero attached hydrogens (tertiary/aromatic N) is 2. The second kappa shape index (κ2) is 7.34. The Morgan fingerprint density at radius 2 is 1.77 bits per heavy atom. The molecule has 0 unspecified atom stereocenters. The molecule has 0 bridgehead atoms. The molecule has 3 nitrogen and oxygen atoms in total. The van der Waals surface area contributed by atoms with E-state index in [4.69, 9.17) is 12.2 Å². The first-order valence-corrected chi connectivity index (χ1v) is 9.43.